The van der Waals surface area contributed by atoms with Crippen molar-refractivity contribution in [3.05, 3.63) is 57.3 Å². The Morgan fingerprint density at radius 1 is 1.37 bits per heavy atom. The van der Waals surface area contributed by atoms with Crippen molar-refractivity contribution in [3.63, 3.8) is 0 Å². The molecule has 19 heavy (non-hydrogen) atoms. The van der Waals surface area contributed by atoms with Gasteiger partial charge in [-0.05, 0) is 46.1 Å². The van der Waals surface area contributed by atoms with Crippen LogP contribution in [0.5, 0.6) is 0 Å². The number of amides is 1. The van der Waals surface area contributed by atoms with Crippen molar-refractivity contribution in [3.8, 4) is 0 Å². The fourth-order valence-electron chi connectivity index (χ4n) is 1.60. The van der Waals surface area contributed by atoms with Crippen molar-refractivity contribution in [1.29, 1.82) is 0 Å². The normalized spacial score (nSPS) is 10.3. The summed E-state index contributed by atoms with van der Waals surface area (Å²) < 4.78 is 0.758. The number of hydrogen-bond acceptors (Lipinski definition) is 2. The Hall–Kier alpha value is -1.39. The molecule has 1 amide bonds. The Bertz CT molecular complexity index is 599. The summed E-state index contributed by atoms with van der Waals surface area (Å²) in [7, 11) is 0. The number of halogens is 2. The Morgan fingerprint density at radius 2 is 2.05 bits per heavy atom. The van der Waals surface area contributed by atoms with Crippen LogP contribution in [0.3, 0.4) is 0 Å². The molecule has 0 radical (unpaired) electrons. The third-order valence-corrected chi connectivity index (χ3v) is 3.41. The first-order valence-electron chi connectivity index (χ1n) is 5.81. The minimum absolute atomic E-state index is 0.204. The first-order valence-corrected chi connectivity index (χ1v) is 6.98. The SMILES string of the molecule is CCc1ccc(C(=O)Nc2cc(Br)cnc2Cl)cc1. The summed E-state index contributed by atoms with van der Waals surface area (Å²) >= 11 is 9.22. The van der Waals surface area contributed by atoms with Crippen molar-refractivity contribution in [2.45, 2.75) is 13.3 Å². The van der Waals surface area contributed by atoms with Crippen LogP contribution in [0.15, 0.2) is 41.0 Å². The van der Waals surface area contributed by atoms with E-state index in [1.54, 1.807) is 24.4 Å². The minimum atomic E-state index is -0.204. The summed E-state index contributed by atoms with van der Waals surface area (Å²) in [5.74, 6) is -0.204. The molecular formula is C14H12BrClN2O. The third kappa shape index (κ3) is 3.55. The van der Waals surface area contributed by atoms with Crippen LogP contribution in [0.2, 0.25) is 5.15 Å². The van der Waals surface area contributed by atoms with Crippen molar-refractivity contribution in [2.24, 2.45) is 0 Å². The van der Waals surface area contributed by atoms with E-state index in [0.29, 0.717) is 11.3 Å². The standard InChI is InChI=1S/C14H12BrClN2O/c1-2-9-3-5-10(6-4-9)14(19)18-12-7-11(15)8-17-13(12)16/h3-8H,2H2,1H3,(H,18,19). The van der Waals surface area contributed by atoms with Gasteiger partial charge in [-0.2, -0.15) is 0 Å². The zero-order valence-electron chi connectivity index (χ0n) is 10.3. The second-order valence-corrected chi connectivity index (χ2v) is 5.27. The Morgan fingerprint density at radius 3 is 2.68 bits per heavy atom. The van der Waals surface area contributed by atoms with Gasteiger partial charge in [0, 0.05) is 16.2 Å². The number of carbonyl (C=O) groups excluding carboxylic acids is 1. The summed E-state index contributed by atoms with van der Waals surface area (Å²) in [6.45, 7) is 2.07. The quantitative estimate of drug-likeness (QED) is 0.847. The highest BCUT2D eigenvalue weighted by molar-refractivity contribution is 9.10. The number of hydrogen-bond donors (Lipinski definition) is 1. The number of carbonyl (C=O) groups is 1. The maximum atomic E-state index is 12.1. The van der Waals surface area contributed by atoms with Crippen LogP contribution in [0.4, 0.5) is 5.69 Å². The Balaban J connectivity index is 2.18. The van der Waals surface area contributed by atoms with E-state index in [9.17, 15) is 4.79 Å². The fourth-order valence-corrected chi connectivity index (χ4v) is 2.08. The van der Waals surface area contributed by atoms with Gasteiger partial charge in [-0.3, -0.25) is 4.79 Å². The number of anilines is 1. The van der Waals surface area contributed by atoms with Gasteiger partial charge in [0.15, 0.2) is 5.15 Å². The Kier molecular flexibility index (Phi) is 4.56. The molecule has 1 heterocycles. The van der Waals surface area contributed by atoms with Gasteiger partial charge in [0.1, 0.15) is 0 Å². The van der Waals surface area contributed by atoms with Crippen LogP contribution in [-0.2, 0) is 6.42 Å². The number of pyridine rings is 1. The van der Waals surface area contributed by atoms with Crippen molar-refractivity contribution < 1.29 is 4.79 Å². The van der Waals surface area contributed by atoms with Crippen LogP contribution in [0.1, 0.15) is 22.8 Å². The first-order chi connectivity index (χ1) is 9.10. The van der Waals surface area contributed by atoms with Gasteiger partial charge in [-0.15, -0.1) is 0 Å². The molecule has 0 bridgehead atoms. The summed E-state index contributed by atoms with van der Waals surface area (Å²) in [6.07, 6.45) is 2.53. The van der Waals surface area contributed by atoms with Gasteiger partial charge in [-0.25, -0.2) is 4.98 Å². The molecule has 98 valence electrons. The molecule has 5 heteroatoms. The Labute approximate surface area is 125 Å². The summed E-state index contributed by atoms with van der Waals surface area (Å²) in [5.41, 5.74) is 2.27. The van der Waals surface area contributed by atoms with E-state index in [0.717, 1.165) is 10.9 Å². The largest absolute Gasteiger partial charge is 0.319 e. The monoisotopic (exact) mass is 338 g/mol. The molecule has 0 saturated carbocycles. The minimum Gasteiger partial charge on any atom is -0.319 e. The highest BCUT2D eigenvalue weighted by atomic mass is 79.9. The molecule has 0 atom stereocenters. The van der Waals surface area contributed by atoms with Gasteiger partial charge in [-0.1, -0.05) is 30.7 Å². The number of aryl methyl sites for hydroxylation is 1. The number of nitrogens with one attached hydrogen (secondary N) is 1. The smallest absolute Gasteiger partial charge is 0.255 e. The van der Waals surface area contributed by atoms with E-state index >= 15 is 0 Å². The lowest BCUT2D eigenvalue weighted by Crippen LogP contribution is -2.12. The maximum Gasteiger partial charge on any atom is 0.255 e. The lowest BCUT2D eigenvalue weighted by molar-refractivity contribution is 0.102. The van der Waals surface area contributed by atoms with E-state index in [2.05, 4.69) is 33.2 Å². The van der Waals surface area contributed by atoms with Crippen molar-refractivity contribution >= 4 is 39.1 Å². The lowest BCUT2D eigenvalue weighted by atomic mass is 10.1. The topological polar surface area (TPSA) is 42.0 Å². The maximum absolute atomic E-state index is 12.1. The summed E-state index contributed by atoms with van der Waals surface area (Å²) in [4.78, 5) is 16.0. The first kappa shape index (κ1) is 14.0. The highest BCUT2D eigenvalue weighted by Crippen LogP contribution is 2.23. The summed E-state index contributed by atoms with van der Waals surface area (Å²) in [6, 6.07) is 9.19. The van der Waals surface area contributed by atoms with E-state index in [4.69, 9.17) is 11.6 Å². The van der Waals surface area contributed by atoms with Gasteiger partial charge in [0.25, 0.3) is 5.91 Å². The van der Waals surface area contributed by atoms with Crippen molar-refractivity contribution in [2.75, 3.05) is 5.32 Å². The fraction of sp³-hybridized carbons (Fsp3) is 0.143. The predicted octanol–water partition coefficient (Wildman–Crippen LogP) is 4.31. The van der Waals surface area contributed by atoms with Crippen molar-refractivity contribution in [1.82, 2.24) is 4.98 Å². The van der Waals surface area contributed by atoms with E-state index in [1.165, 1.54) is 5.56 Å². The third-order valence-electron chi connectivity index (χ3n) is 2.68. The molecule has 1 N–H and O–H groups in total. The number of rotatable bonds is 3. The molecule has 1 aromatic heterocycles. The predicted molar refractivity (Wildman–Crippen MR) is 80.7 cm³/mol. The molecule has 2 rings (SSSR count). The second-order valence-electron chi connectivity index (χ2n) is 4.00. The van der Waals surface area contributed by atoms with Crippen LogP contribution in [0, 0.1) is 0 Å². The van der Waals surface area contributed by atoms with Gasteiger partial charge in [0.2, 0.25) is 0 Å². The highest BCUT2D eigenvalue weighted by Gasteiger charge is 2.09. The molecule has 0 aliphatic carbocycles. The number of benzene rings is 1. The zero-order chi connectivity index (χ0) is 13.8. The van der Waals surface area contributed by atoms with E-state index < -0.39 is 0 Å². The van der Waals surface area contributed by atoms with Crippen LogP contribution in [-0.4, -0.2) is 10.9 Å². The zero-order valence-corrected chi connectivity index (χ0v) is 12.6. The number of aromatic nitrogens is 1. The lowest BCUT2D eigenvalue weighted by Gasteiger charge is -2.07. The molecule has 0 fully saturated rings. The average molecular weight is 340 g/mol. The molecule has 0 saturated heterocycles. The second kappa shape index (κ2) is 6.17. The summed E-state index contributed by atoms with van der Waals surface area (Å²) in [5, 5.41) is 3.01. The van der Waals surface area contributed by atoms with Gasteiger partial charge >= 0.3 is 0 Å². The van der Waals surface area contributed by atoms with E-state index in [1.807, 2.05) is 12.1 Å². The molecule has 3 nitrogen and oxygen atoms in total. The average Bonchev–Trinajstić information content (AvgIpc) is 2.43. The molecule has 0 aliphatic heterocycles. The number of nitrogens with zero attached hydrogens (tertiary/aromatic N) is 1. The van der Waals surface area contributed by atoms with Gasteiger partial charge in [0.05, 0.1) is 5.69 Å². The molecule has 2 aromatic rings. The van der Waals surface area contributed by atoms with E-state index in [-0.39, 0.29) is 11.1 Å². The molecule has 0 unspecified atom stereocenters. The van der Waals surface area contributed by atoms with Gasteiger partial charge < -0.3 is 5.32 Å². The molecule has 0 aliphatic rings. The molecule has 1 aromatic carbocycles. The van der Waals surface area contributed by atoms with Crippen LogP contribution < -0.4 is 5.32 Å². The molecule has 0 spiro atoms. The van der Waals surface area contributed by atoms with Crippen LogP contribution >= 0.6 is 27.5 Å². The molecular weight excluding hydrogens is 328 g/mol. The van der Waals surface area contributed by atoms with Crippen LogP contribution in [0.25, 0.3) is 0 Å².